The van der Waals surface area contributed by atoms with Gasteiger partial charge in [0.2, 0.25) is 0 Å². The molecule has 0 radical (unpaired) electrons. The zero-order chi connectivity index (χ0) is 17.0. The first-order valence-corrected chi connectivity index (χ1v) is 9.61. The van der Waals surface area contributed by atoms with Crippen LogP contribution in [0.4, 0.5) is 11.4 Å². The zero-order valence-electron chi connectivity index (χ0n) is 13.5. The van der Waals surface area contributed by atoms with Gasteiger partial charge in [0, 0.05) is 31.5 Å². The molecule has 1 N–H and O–H groups in total. The molecule has 2 rings (SSSR count). The Morgan fingerprint density at radius 2 is 2.00 bits per heavy atom. The maximum absolute atomic E-state index is 11.5. The van der Waals surface area contributed by atoms with E-state index >= 15 is 0 Å². The van der Waals surface area contributed by atoms with Gasteiger partial charge in [-0.25, -0.2) is 8.42 Å². The average Bonchev–Trinajstić information content (AvgIpc) is 3.00. The molecule has 128 valence electrons. The van der Waals surface area contributed by atoms with E-state index < -0.39 is 14.8 Å². The summed E-state index contributed by atoms with van der Waals surface area (Å²) >= 11 is 0. The summed E-state index contributed by atoms with van der Waals surface area (Å²) in [5.74, 6) is 0. The Labute approximate surface area is 136 Å². The molecule has 1 aliphatic rings. The topological polar surface area (TPSA) is 92.6 Å². The Morgan fingerprint density at radius 3 is 2.57 bits per heavy atom. The Balaban J connectivity index is 2.03. The summed E-state index contributed by atoms with van der Waals surface area (Å²) in [6.45, 7) is 1.36. The van der Waals surface area contributed by atoms with E-state index in [1.807, 2.05) is 0 Å². The van der Waals surface area contributed by atoms with E-state index in [9.17, 15) is 18.5 Å². The van der Waals surface area contributed by atoms with Crippen molar-refractivity contribution in [3.05, 3.63) is 28.3 Å². The lowest BCUT2D eigenvalue weighted by Gasteiger charge is -2.24. The predicted octanol–water partition coefficient (Wildman–Crippen LogP) is 2.28. The first-order chi connectivity index (χ1) is 10.8. The van der Waals surface area contributed by atoms with Gasteiger partial charge in [-0.2, -0.15) is 0 Å². The fourth-order valence-electron chi connectivity index (χ4n) is 2.94. The minimum absolute atomic E-state index is 0.0437. The zero-order valence-corrected chi connectivity index (χ0v) is 14.3. The minimum atomic E-state index is -3.46. The lowest BCUT2D eigenvalue weighted by atomic mass is 10.2. The van der Waals surface area contributed by atoms with Crippen LogP contribution in [-0.4, -0.2) is 50.7 Å². The molecule has 7 nitrogen and oxygen atoms in total. The molecule has 1 aliphatic carbocycles. The summed E-state index contributed by atoms with van der Waals surface area (Å²) in [6, 6.07) is 4.56. The number of anilines is 1. The van der Waals surface area contributed by atoms with Crippen molar-refractivity contribution in [3.8, 4) is 0 Å². The smallest absolute Gasteiger partial charge is 0.293 e. The van der Waals surface area contributed by atoms with Crippen LogP contribution in [0.25, 0.3) is 0 Å². The molecule has 1 fully saturated rings. The maximum atomic E-state index is 11.5. The second-order valence-electron chi connectivity index (χ2n) is 6.05. The molecule has 0 unspecified atom stereocenters. The van der Waals surface area contributed by atoms with Crippen molar-refractivity contribution in [3.63, 3.8) is 0 Å². The van der Waals surface area contributed by atoms with Crippen LogP contribution in [0.15, 0.2) is 23.1 Å². The Morgan fingerprint density at radius 1 is 1.35 bits per heavy atom. The van der Waals surface area contributed by atoms with Gasteiger partial charge in [0.25, 0.3) is 5.69 Å². The highest BCUT2D eigenvalue weighted by molar-refractivity contribution is 7.90. The minimum Gasteiger partial charge on any atom is -0.378 e. The van der Waals surface area contributed by atoms with Crippen molar-refractivity contribution in [2.75, 3.05) is 31.7 Å². The number of nitrogens with zero attached hydrogens (tertiary/aromatic N) is 2. The normalized spacial score (nSPS) is 16.0. The van der Waals surface area contributed by atoms with Crippen LogP contribution in [0.1, 0.15) is 25.7 Å². The fraction of sp³-hybridized carbons (Fsp3) is 0.600. The number of nitro groups is 1. The van der Waals surface area contributed by atoms with Crippen molar-refractivity contribution in [2.24, 2.45) is 0 Å². The van der Waals surface area contributed by atoms with Gasteiger partial charge in [0.05, 0.1) is 9.82 Å². The quantitative estimate of drug-likeness (QED) is 0.604. The Kier molecular flexibility index (Phi) is 5.59. The summed E-state index contributed by atoms with van der Waals surface area (Å²) in [6.07, 6.45) is 5.98. The van der Waals surface area contributed by atoms with E-state index in [0.717, 1.165) is 18.9 Å². The van der Waals surface area contributed by atoms with E-state index in [2.05, 4.69) is 17.3 Å². The molecule has 23 heavy (non-hydrogen) atoms. The number of rotatable bonds is 7. The molecule has 0 aromatic heterocycles. The second-order valence-corrected chi connectivity index (χ2v) is 8.07. The standard InChI is InChI=1S/C15H23N3O4S/c1-17(12-5-3-4-6-12)10-9-16-14-8-7-13(23(2,21)22)11-15(14)18(19)20/h7-8,11-12,16H,3-6,9-10H2,1-2H3. The summed E-state index contributed by atoms with van der Waals surface area (Å²) < 4.78 is 23.0. The summed E-state index contributed by atoms with van der Waals surface area (Å²) in [5, 5.41) is 14.2. The van der Waals surface area contributed by atoms with Crippen LogP contribution < -0.4 is 5.32 Å². The summed E-state index contributed by atoms with van der Waals surface area (Å²) in [5.41, 5.74) is 0.138. The molecule has 1 aromatic carbocycles. The Hall–Kier alpha value is -1.67. The van der Waals surface area contributed by atoms with E-state index in [4.69, 9.17) is 0 Å². The highest BCUT2D eigenvalue weighted by Crippen LogP contribution is 2.27. The van der Waals surface area contributed by atoms with Crippen LogP contribution >= 0.6 is 0 Å². The third-order valence-electron chi connectivity index (χ3n) is 4.32. The van der Waals surface area contributed by atoms with E-state index in [1.165, 1.54) is 37.8 Å². The van der Waals surface area contributed by atoms with E-state index in [1.54, 1.807) is 0 Å². The molecular formula is C15H23N3O4S. The molecule has 0 aliphatic heterocycles. The average molecular weight is 341 g/mol. The van der Waals surface area contributed by atoms with Gasteiger partial charge in [0.15, 0.2) is 9.84 Å². The number of hydrogen-bond acceptors (Lipinski definition) is 6. The number of hydrogen-bond donors (Lipinski definition) is 1. The van der Waals surface area contributed by atoms with Gasteiger partial charge in [-0.1, -0.05) is 12.8 Å². The maximum Gasteiger partial charge on any atom is 0.293 e. The molecule has 1 aromatic rings. The van der Waals surface area contributed by atoms with Crippen LogP contribution in [0.2, 0.25) is 0 Å². The van der Waals surface area contributed by atoms with Crippen LogP contribution in [-0.2, 0) is 9.84 Å². The van der Waals surface area contributed by atoms with Gasteiger partial charge in [-0.3, -0.25) is 10.1 Å². The first-order valence-electron chi connectivity index (χ1n) is 7.71. The van der Waals surface area contributed by atoms with Gasteiger partial charge in [0.1, 0.15) is 5.69 Å². The van der Waals surface area contributed by atoms with Gasteiger partial charge in [-0.05, 0) is 32.0 Å². The fourth-order valence-corrected chi connectivity index (χ4v) is 3.58. The molecule has 0 heterocycles. The van der Waals surface area contributed by atoms with E-state index in [-0.39, 0.29) is 10.6 Å². The summed E-state index contributed by atoms with van der Waals surface area (Å²) in [7, 11) is -1.39. The number of nitrogens with one attached hydrogen (secondary N) is 1. The van der Waals surface area contributed by atoms with Crippen LogP contribution in [0, 0.1) is 10.1 Å². The van der Waals surface area contributed by atoms with Gasteiger partial charge >= 0.3 is 0 Å². The van der Waals surface area contributed by atoms with Gasteiger partial charge < -0.3 is 10.2 Å². The van der Waals surface area contributed by atoms with Crippen molar-refractivity contribution < 1.29 is 13.3 Å². The van der Waals surface area contributed by atoms with Crippen molar-refractivity contribution in [1.29, 1.82) is 0 Å². The second kappa shape index (κ2) is 7.27. The molecule has 0 spiro atoms. The Bertz CT molecular complexity index is 669. The molecule has 1 saturated carbocycles. The molecule has 0 saturated heterocycles. The highest BCUT2D eigenvalue weighted by atomic mass is 32.2. The summed E-state index contributed by atoms with van der Waals surface area (Å²) in [4.78, 5) is 12.8. The lowest BCUT2D eigenvalue weighted by molar-refractivity contribution is -0.384. The molecule has 8 heteroatoms. The van der Waals surface area contributed by atoms with Crippen LogP contribution in [0.3, 0.4) is 0 Å². The number of likely N-dealkylation sites (N-methyl/N-ethyl adjacent to an activating group) is 1. The van der Waals surface area contributed by atoms with Crippen LogP contribution in [0.5, 0.6) is 0 Å². The third-order valence-corrected chi connectivity index (χ3v) is 5.43. The number of sulfone groups is 1. The molecule has 0 bridgehead atoms. The number of nitro benzene ring substituents is 1. The largest absolute Gasteiger partial charge is 0.378 e. The van der Waals surface area contributed by atoms with Crippen molar-refractivity contribution in [1.82, 2.24) is 4.90 Å². The first kappa shape index (κ1) is 17.7. The third kappa shape index (κ3) is 4.65. The molecular weight excluding hydrogens is 318 g/mol. The molecule has 0 amide bonds. The molecule has 0 atom stereocenters. The van der Waals surface area contributed by atoms with Gasteiger partial charge in [-0.15, -0.1) is 0 Å². The highest BCUT2D eigenvalue weighted by Gasteiger charge is 2.20. The monoisotopic (exact) mass is 341 g/mol. The lowest BCUT2D eigenvalue weighted by Crippen LogP contribution is -2.33. The predicted molar refractivity (Wildman–Crippen MR) is 89.6 cm³/mol. The van der Waals surface area contributed by atoms with E-state index in [0.29, 0.717) is 18.3 Å². The van der Waals surface area contributed by atoms with Crippen molar-refractivity contribution in [2.45, 2.75) is 36.6 Å². The van der Waals surface area contributed by atoms with Crippen molar-refractivity contribution >= 4 is 21.2 Å². The SMILES string of the molecule is CN(CCNc1ccc(S(C)(=O)=O)cc1[N+](=O)[O-])C1CCCC1. The number of benzene rings is 1.